The smallest absolute Gasteiger partial charge is 0.269 e. The minimum atomic E-state index is -0.460. The summed E-state index contributed by atoms with van der Waals surface area (Å²) in [4.78, 5) is 28.2. The molecule has 0 N–H and O–H groups in total. The molecule has 3 rings (SSSR count). The molecule has 1 fully saturated rings. The topological polar surface area (TPSA) is 85.6 Å². The fraction of sp³-hybridized carbons (Fsp3) is 0.250. The highest BCUT2D eigenvalue weighted by molar-refractivity contribution is 9.10. The van der Waals surface area contributed by atoms with E-state index in [9.17, 15) is 14.9 Å². The van der Waals surface area contributed by atoms with Crippen molar-refractivity contribution in [1.29, 1.82) is 0 Å². The standard InChI is InChI=1S/C16H14BrN3O4/c17-14-2-1-7-18-16(14)24-13-9-19(10-13)15(21)8-11-3-5-12(6-4-11)20(22)23/h1-7,13H,8-10H2. The van der Waals surface area contributed by atoms with Gasteiger partial charge in [0.25, 0.3) is 5.69 Å². The van der Waals surface area contributed by atoms with Crippen molar-refractivity contribution in [3.63, 3.8) is 0 Å². The van der Waals surface area contributed by atoms with E-state index in [0.29, 0.717) is 19.0 Å². The van der Waals surface area contributed by atoms with Gasteiger partial charge in [0.15, 0.2) is 0 Å². The molecule has 8 heteroatoms. The number of ether oxygens (including phenoxy) is 1. The number of hydrogen-bond acceptors (Lipinski definition) is 5. The predicted molar refractivity (Wildman–Crippen MR) is 89.7 cm³/mol. The van der Waals surface area contributed by atoms with E-state index in [-0.39, 0.29) is 24.1 Å². The van der Waals surface area contributed by atoms with E-state index in [4.69, 9.17) is 4.74 Å². The van der Waals surface area contributed by atoms with Crippen molar-refractivity contribution in [2.75, 3.05) is 13.1 Å². The lowest BCUT2D eigenvalue weighted by atomic mass is 10.1. The van der Waals surface area contributed by atoms with Gasteiger partial charge in [-0.05, 0) is 33.6 Å². The zero-order chi connectivity index (χ0) is 17.1. The molecule has 1 aromatic carbocycles. The molecule has 7 nitrogen and oxygen atoms in total. The molecule has 1 aromatic heterocycles. The lowest BCUT2D eigenvalue weighted by molar-refractivity contribution is -0.384. The van der Waals surface area contributed by atoms with Crippen LogP contribution in [0.4, 0.5) is 5.69 Å². The van der Waals surface area contributed by atoms with Crippen LogP contribution in [0.1, 0.15) is 5.56 Å². The second kappa shape index (κ2) is 6.96. The number of nitro groups is 1. The van der Waals surface area contributed by atoms with Crippen LogP contribution in [0.2, 0.25) is 0 Å². The molecular formula is C16H14BrN3O4. The molecule has 0 saturated carbocycles. The van der Waals surface area contributed by atoms with Crippen LogP contribution < -0.4 is 4.74 Å². The molecule has 0 unspecified atom stereocenters. The molecule has 1 amide bonds. The van der Waals surface area contributed by atoms with E-state index >= 15 is 0 Å². The van der Waals surface area contributed by atoms with Gasteiger partial charge in [0, 0.05) is 18.3 Å². The number of hydrogen-bond donors (Lipinski definition) is 0. The Bertz CT molecular complexity index is 760. The van der Waals surface area contributed by atoms with Gasteiger partial charge in [-0.1, -0.05) is 12.1 Å². The maximum Gasteiger partial charge on any atom is 0.269 e. The van der Waals surface area contributed by atoms with Crippen LogP contribution in [0.5, 0.6) is 5.88 Å². The number of aromatic nitrogens is 1. The number of carbonyl (C=O) groups excluding carboxylic acids is 1. The molecule has 0 radical (unpaired) electrons. The average molecular weight is 392 g/mol. The van der Waals surface area contributed by atoms with Crippen molar-refractivity contribution in [1.82, 2.24) is 9.88 Å². The molecular weight excluding hydrogens is 378 g/mol. The zero-order valence-corrected chi connectivity index (χ0v) is 14.2. The maximum atomic E-state index is 12.2. The van der Waals surface area contributed by atoms with Crippen molar-refractivity contribution >= 4 is 27.5 Å². The number of nitrogens with zero attached hydrogens (tertiary/aromatic N) is 3. The van der Waals surface area contributed by atoms with Gasteiger partial charge in [0.2, 0.25) is 11.8 Å². The summed E-state index contributed by atoms with van der Waals surface area (Å²) >= 11 is 3.37. The molecule has 24 heavy (non-hydrogen) atoms. The minimum absolute atomic E-state index is 0.0181. The van der Waals surface area contributed by atoms with Crippen LogP contribution in [0, 0.1) is 10.1 Å². The number of pyridine rings is 1. The maximum absolute atomic E-state index is 12.2. The molecule has 0 spiro atoms. The minimum Gasteiger partial charge on any atom is -0.470 e. The highest BCUT2D eigenvalue weighted by Gasteiger charge is 2.32. The number of benzene rings is 1. The monoisotopic (exact) mass is 391 g/mol. The normalized spacial score (nSPS) is 14.1. The summed E-state index contributed by atoms with van der Waals surface area (Å²) in [6.45, 7) is 1.02. The van der Waals surface area contributed by atoms with E-state index in [1.807, 2.05) is 6.07 Å². The van der Waals surface area contributed by atoms with E-state index in [0.717, 1.165) is 10.0 Å². The van der Waals surface area contributed by atoms with Crippen molar-refractivity contribution in [2.24, 2.45) is 0 Å². The number of amides is 1. The number of nitro benzene ring substituents is 1. The molecule has 1 aliphatic heterocycles. The second-order valence-electron chi connectivity index (χ2n) is 5.43. The third kappa shape index (κ3) is 3.70. The Balaban J connectivity index is 1.50. The van der Waals surface area contributed by atoms with Gasteiger partial charge in [-0.15, -0.1) is 0 Å². The number of rotatable bonds is 5. The molecule has 2 heterocycles. The van der Waals surface area contributed by atoms with Crippen molar-refractivity contribution < 1.29 is 14.5 Å². The van der Waals surface area contributed by atoms with Crippen LogP contribution in [-0.4, -0.2) is 39.9 Å². The molecule has 0 bridgehead atoms. The van der Waals surface area contributed by atoms with Crippen LogP contribution in [0.3, 0.4) is 0 Å². The van der Waals surface area contributed by atoms with E-state index in [1.165, 1.54) is 12.1 Å². The van der Waals surface area contributed by atoms with Crippen LogP contribution in [0.25, 0.3) is 0 Å². The fourth-order valence-electron chi connectivity index (χ4n) is 2.35. The molecule has 1 aliphatic rings. The molecule has 0 aliphatic carbocycles. The van der Waals surface area contributed by atoms with Crippen molar-refractivity contribution in [3.8, 4) is 5.88 Å². The number of likely N-dealkylation sites (tertiary alicyclic amines) is 1. The average Bonchev–Trinajstić information content (AvgIpc) is 2.52. The number of halogens is 1. The van der Waals surface area contributed by atoms with Gasteiger partial charge in [0.05, 0.1) is 28.9 Å². The summed E-state index contributed by atoms with van der Waals surface area (Å²) in [7, 11) is 0. The highest BCUT2D eigenvalue weighted by Crippen LogP contribution is 2.24. The number of carbonyl (C=O) groups is 1. The lowest BCUT2D eigenvalue weighted by Crippen LogP contribution is -2.56. The Morgan fingerprint density at radius 3 is 2.67 bits per heavy atom. The fourth-order valence-corrected chi connectivity index (χ4v) is 2.70. The molecule has 2 aromatic rings. The third-order valence-electron chi connectivity index (χ3n) is 3.71. The molecule has 124 valence electrons. The lowest BCUT2D eigenvalue weighted by Gasteiger charge is -2.38. The quantitative estimate of drug-likeness (QED) is 0.577. The van der Waals surface area contributed by atoms with Crippen molar-refractivity contribution in [3.05, 3.63) is 62.7 Å². The molecule has 0 atom stereocenters. The van der Waals surface area contributed by atoms with Gasteiger partial charge in [0.1, 0.15) is 6.10 Å². The number of non-ortho nitro benzene ring substituents is 1. The summed E-state index contributed by atoms with van der Waals surface area (Å²) in [5.74, 6) is 0.494. The van der Waals surface area contributed by atoms with E-state index < -0.39 is 4.92 Å². The summed E-state index contributed by atoms with van der Waals surface area (Å²) in [5, 5.41) is 10.6. The Labute approximate surface area is 146 Å². The van der Waals surface area contributed by atoms with E-state index in [1.54, 1.807) is 29.3 Å². The zero-order valence-electron chi connectivity index (χ0n) is 12.6. The van der Waals surface area contributed by atoms with Gasteiger partial charge < -0.3 is 9.64 Å². The first-order chi connectivity index (χ1) is 11.5. The van der Waals surface area contributed by atoms with Crippen LogP contribution >= 0.6 is 15.9 Å². The summed E-state index contributed by atoms with van der Waals surface area (Å²) < 4.78 is 6.51. The third-order valence-corrected chi connectivity index (χ3v) is 4.31. The van der Waals surface area contributed by atoms with Gasteiger partial charge >= 0.3 is 0 Å². The summed E-state index contributed by atoms with van der Waals surface area (Å²) in [6.07, 6.45) is 1.80. The van der Waals surface area contributed by atoms with Gasteiger partial charge in [-0.3, -0.25) is 14.9 Å². The summed E-state index contributed by atoms with van der Waals surface area (Å²) in [6, 6.07) is 9.67. The van der Waals surface area contributed by atoms with Gasteiger partial charge in [-0.2, -0.15) is 0 Å². The van der Waals surface area contributed by atoms with Crippen LogP contribution in [-0.2, 0) is 11.2 Å². The largest absolute Gasteiger partial charge is 0.470 e. The first-order valence-corrected chi connectivity index (χ1v) is 8.10. The second-order valence-corrected chi connectivity index (χ2v) is 6.28. The van der Waals surface area contributed by atoms with E-state index in [2.05, 4.69) is 20.9 Å². The first-order valence-electron chi connectivity index (χ1n) is 7.31. The first kappa shape index (κ1) is 16.4. The Morgan fingerprint density at radius 1 is 1.33 bits per heavy atom. The SMILES string of the molecule is O=C(Cc1ccc([N+](=O)[O-])cc1)N1CC(Oc2ncccc2Br)C1. The van der Waals surface area contributed by atoms with Gasteiger partial charge in [-0.25, -0.2) is 4.98 Å². The Hall–Kier alpha value is -2.48. The summed E-state index contributed by atoms with van der Waals surface area (Å²) in [5.41, 5.74) is 0.770. The van der Waals surface area contributed by atoms with Crippen molar-refractivity contribution in [2.45, 2.75) is 12.5 Å². The Kier molecular flexibility index (Phi) is 4.75. The Morgan fingerprint density at radius 2 is 2.04 bits per heavy atom. The highest BCUT2D eigenvalue weighted by atomic mass is 79.9. The van der Waals surface area contributed by atoms with Crippen LogP contribution in [0.15, 0.2) is 47.1 Å². The molecule has 1 saturated heterocycles. The predicted octanol–water partition coefficient (Wildman–Crippen LogP) is 2.58.